The van der Waals surface area contributed by atoms with Crippen molar-refractivity contribution in [1.82, 2.24) is 14.5 Å². The Morgan fingerprint density at radius 2 is 2.29 bits per heavy atom. The molecular formula is C12H10N4O. The van der Waals surface area contributed by atoms with Crippen LogP contribution in [0.1, 0.15) is 21.7 Å². The summed E-state index contributed by atoms with van der Waals surface area (Å²) in [6.45, 7) is 0. The maximum atomic E-state index is 11.1. The van der Waals surface area contributed by atoms with Crippen LogP contribution in [0.4, 0.5) is 0 Å². The van der Waals surface area contributed by atoms with Crippen molar-refractivity contribution in [3.63, 3.8) is 0 Å². The van der Waals surface area contributed by atoms with Gasteiger partial charge in [0.2, 0.25) is 0 Å². The summed E-state index contributed by atoms with van der Waals surface area (Å²) in [6.07, 6.45) is 4.86. The van der Waals surface area contributed by atoms with Crippen molar-refractivity contribution in [1.29, 1.82) is 0 Å². The van der Waals surface area contributed by atoms with Gasteiger partial charge in [0.25, 0.3) is 5.91 Å². The zero-order valence-corrected chi connectivity index (χ0v) is 9.21. The van der Waals surface area contributed by atoms with E-state index < -0.39 is 5.91 Å². The van der Waals surface area contributed by atoms with E-state index in [9.17, 15) is 4.79 Å². The molecule has 84 valence electrons. The second kappa shape index (κ2) is 4.49. The minimum Gasteiger partial charge on any atom is -0.366 e. The standard InChI is InChI=1S/C12H10N4O/c1-16-8-14-7-9(16)4-5-11-10(12(13)17)3-2-6-15-11/h2-3,6-8H,1H3,(H2,13,17). The summed E-state index contributed by atoms with van der Waals surface area (Å²) >= 11 is 0. The lowest BCUT2D eigenvalue weighted by molar-refractivity contribution is 0.0999. The van der Waals surface area contributed by atoms with E-state index in [1.54, 1.807) is 35.4 Å². The van der Waals surface area contributed by atoms with E-state index >= 15 is 0 Å². The lowest BCUT2D eigenvalue weighted by Gasteiger charge is -1.97. The van der Waals surface area contributed by atoms with Crippen LogP contribution >= 0.6 is 0 Å². The predicted octanol–water partition coefficient (Wildman–Crippen LogP) is 0.314. The van der Waals surface area contributed by atoms with Crippen molar-refractivity contribution in [3.05, 3.63) is 47.8 Å². The van der Waals surface area contributed by atoms with E-state index in [0.29, 0.717) is 11.3 Å². The van der Waals surface area contributed by atoms with Crippen LogP contribution in [0.15, 0.2) is 30.9 Å². The second-order valence-corrected chi connectivity index (χ2v) is 3.40. The maximum absolute atomic E-state index is 11.1. The summed E-state index contributed by atoms with van der Waals surface area (Å²) in [5.41, 5.74) is 6.67. The summed E-state index contributed by atoms with van der Waals surface area (Å²) in [5, 5.41) is 0. The molecule has 0 saturated carbocycles. The summed E-state index contributed by atoms with van der Waals surface area (Å²) in [4.78, 5) is 19.1. The Hall–Kier alpha value is -2.61. The van der Waals surface area contributed by atoms with Crippen molar-refractivity contribution >= 4 is 5.91 Å². The van der Waals surface area contributed by atoms with E-state index in [4.69, 9.17) is 5.73 Å². The van der Waals surface area contributed by atoms with Crippen molar-refractivity contribution in [3.8, 4) is 11.8 Å². The SMILES string of the molecule is Cn1cncc1C#Cc1ncccc1C(N)=O. The van der Waals surface area contributed by atoms with E-state index in [1.807, 2.05) is 7.05 Å². The van der Waals surface area contributed by atoms with Gasteiger partial charge in [-0.25, -0.2) is 9.97 Å². The molecule has 2 N–H and O–H groups in total. The Balaban J connectivity index is 2.41. The average Bonchev–Trinajstić information content (AvgIpc) is 2.72. The number of nitrogens with zero attached hydrogens (tertiary/aromatic N) is 3. The normalized spacial score (nSPS) is 9.47. The number of aromatic nitrogens is 3. The van der Waals surface area contributed by atoms with Crippen LogP contribution in [0.25, 0.3) is 0 Å². The number of pyridine rings is 1. The molecule has 0 bridgehead atoms. The molecule has 2 aromatic heterocycles. The van der Waals surface area contributed by atoms with E-state index in [0.717, 1.165) is 5.69 Å². The molecule has 0 saturated heterocycles. The van der Waals surface area contributed by atoms with Gasteiger partial charge in [-0.3, -0.25) is 4.79 Å². The smallest absolute Gasteiger partial charge is 0.251 e. The molecule has 0 aliphatic carbocycles. The molecule has 5 heteroatoms. The number of carbonyl (C=O) groups is 1. The second-order valence-electron chi connectivity index (χ2n) is 3.40. The highest BCUT2D eigenvalue weighted by atomic mass is 16.1. The fraction of sp³-hybridized carbons (Fsp3) is 0.0833. The van der Waals surface area contributed by atoms with E-state index in [-0.39, 0.29) is 0 Å². The topological polar surface area (TPSA) is 73.8 Å². The van der Waals surface area contributed by atoms with Crippen LogP contribution < -0.4 is 5.73 Å². The first-order valence-corrected chi connectivity index (χ1v) is 4.91. The van der Waals surface area contributed by atoms with Crippen LogP contribution in [-0.2, 0) is 7.05 Å². The van der Waals surface area contributed by atoms with Gasteiger partial charge in [0, 0.05) is 13.2 Å². The van der Waals surface area contributed by atoms with Crippen molar-refractivity contribution in [2.45, 2.75) is 0 Å². The molecule has 0 aliphatic rings. The van der Waals surface area contributed by atoms with Gasteiger partial charge in [0.1, 0.15) is 11.4 Å². The van der Waals surface area contributed by atoms with Gasteiger partial charge >= 0.3 is 0 Å². The van der Waals surface area contributed by atoms with E-state index in [1.165, 1.54) is 0 Å². The van der Waals surface area contributed by atoms with Crippen LogP contribution in [0.3, 0.4) is 0 Å². The Bertz CT molecular complexity index is 619. The fourth-order valence-electron chi connectivity index (χ4n) is 1.30. The zero-order valence-electron chi connectivity index (χ0n) is 9.21. The van der Waals surface area contributed by atoms with Gasteiger partial charge in [-0.05, 0) is 24.0 Å². The van der Waals surface area contributed by atoms with Crippen LogP contribution in [0.5, 0.6) is 0 Å². The number of rotatable bonds is 1. The molecule has 0 aromatic carbocycles. The van der Waals surface area contributed by atoms with Gasteiger partial charge in [0.05, 0.1) is 18.1 Å². The highest BCUT2D eigenvalue weighted by Gasteiger charge is 2.05. The van der Waals surface area contributed by atoms with Gasteiger partial charge < -0.3 is 10.3 Å². The summed E-state index contributed by atoms with van der Waals surface area (Å²) < 4.78 is 1.78. The monoisotopic (exact) mass is 226 g/mol. The summed E-state index contributed by atoms with van der Waals surface area (Å²) in [7, 11) is 1.84. The lowest BCUT2D eigenvalue weighted by Crippen LogP contribution is -2.13. The molecule has 0 spiro atoms. The number of amides is 1. The molecule has 0 unspecified atom stereocenters. The zero-order chi connectivity index (χ0) is 12.3. The minimum atomic E-state index is -0.535. The largest absolute Gasteiger partial charge is 0.366 e. The molecule has 2 heterocycles. The number of hydrogen-bond acceptors (Lipinski definition) is 3. The highest BCUT2D eigenvalue weighted by molar-refractivity contribution is 5.94. The predicted molar refractivity (Wildman–Crippen MR) is 61.9 cm³/mol. The maximum Gasteiger partial charge on any atom is 0.251 e. The van der Waals surface area contributed by atoms with Crippen molar-refractivity contribution in [2.24, 2.45) is 12.8 Å². The third-order valence-electron chi connectivity index (χ3n) is 2.20. The van der Waals surface area contributed by atoms with Gasteiger partial charge in [-0.1, -0.05) is 0 Å². The Morgan fingerprint density at radius 3 is 2.94 bits per heavy atom. The number of hydrogen-bond donors (Lipinski definition) is 1. The molecule has 5 nitrogen and oxygen atoms in total. The number of aryl methyl sites for hydroxylation is 1. The van der Waals surface area contributed by atoms with Crippen LogP contribution in [-0.4, -0.2) is 20.4 Å². The Kier molecular flexibility index (Phi) is 2.88. The first kappa shape index (κ1) is 10.9. The molecule has 0 atom stereocenters. The molecule has 1 amide bonds. The molecule has 0 fully saturated rings. The van der Waals surface area contributed by atoms with Crippen molar-refractivity contribution in [2.75, 3.05) is 0 Å². The summed E-state index contributed by atoms with van der Waals surface area (Å²) in [5.74, 6) is 5.16. The van der Waals surface area contributed by atoms with Gasteiger partial charge in [-0.15, -0.1) is 0 Å². The first-order chi connectivity index (χ1) is 8.18. The molecule has 2 rings (SSSR count). The fourth-order valence-corrected chi connectivity index (χ4v) is 1.30. The molecule has 0 radical (unpaired) electrons. The molecule has 17 heavy (non-hydrogen) atoms. The quantitative estimate of drug-likeness (QED) is 0.711. The first-order valence-electron chi connectivity index (χ1n) is 4.91. The average molecular weight is 226 g/mol. The lowest BCUT2D eigenvalue weighted by atomic mass is 10.2. The molecule has 0 aliphatic heterocycles. The van der Waals surface area contributed by atoms with Crippen molar-refractivity contribution < 1.29 is 4.79 Å². The number of primary amides is 1. The van der Waals surface area contributed by atoms with E-state index in [2.05, 4.69) is 21.8 Å². The molecular weight excluding hydrogens is 216 g/mol. The minimum absolute atomic E-state index is 0.321. The third kappa shape index (κ3) is 2.32. The Labute approximate surface area is 98.3 Å². The summed E-state index contributed by atoms with van der Waals surface area (Å²) in [6, 6.07) is 3.25. The molecule has 2 aromatic rings. The highest BCUT2D eigenvalue weighted by Crippen LogP contribution is 2.03. The Morgan fingerprint density at radius 1 is 1.47 bits per heavy atom. The van der Waals surface area contributed by atoms with Gasteiger partial charge in [0.15, 0.2) is 0 Å². The van der Waals surface area contributed by atoms with Gasteiger partial charge in [-0.2, -0.15) is 0 Å². The van der Waals surface area contributed by atoms with Crippen LogP contribution in [0.2, 0.25) is 0 Å². The number of carbonyl (C=O) groups excluding carboxylic acids is 1. The number of imidazole rings is 1. The number of nitrogens with two attached hydrogens (primary N) is 1. The van der Waals surface area contributed by atoms with Crippen LogP contribution in [0, 0.1) is 11.8 Å². The third-order valence-corrected chi connectivity index (χ3v) is 2.20.